The summed E-state index contributed by atoms with van der Waals surface area (Å²) in [6.45, 7) is 2.50. The molecule has 1 aliphatic carbocycles. The Morgan fingerprint density at radius 3 is 2.70 bits per heavy atom. The number of urea groups is 1. The standard InChI is InChI=1S/C24H26FN3O4S/c1-3-8-28(9-10-29)24(31)26-16-6-7-17(19(25)13-16)22-27-21-18(14-4-5-14)11-15(23(30)32-2)12-20(21)33-22/h6-7,11-14,29H,3-5,8-10H2,1-2H3,(H,26,31). The molecule has 174 valence electrons. The van der Waals surface area contributed by atoms with Gasteiger partial charge in [0.2, 0.25) is 0 Å². The first-order valence-corrected chi connectivity index (χ1v) is 11.8. The molecule has 0 radical (unpaired) electrons. The van der Waals surface area contributed by atoms with E-state index in [1.807, 2.05) is 13.0 Å². The van der Waals surface area contributed by atoms with Gasteiger partial charge < -0.3 is 20.1 Å². The third-order valence-corrected chi connectivity index (χ3v) is 6.60. The molecule has 1 aromatic heterocycles. The summed E-state index contributed by atoms with van der Waals surface area (Å²) in [7, 11) is 1.35. The Morgan fingerprint density at radius 2 is 2.06 bits per heavy atom. The van der Waals surface area contributed by atoms with Gasteiger partial charge in [-0.2, -0.15) is 0 Å². The molecule has 1 fully saturated rings. The predicted molar refractivity (Wildman–Crippen MR) is 126 cm³/mol. The van der Waals surface area contributed by atoms with Crippen LogP contribution in [0.15, 0.2) is 30.3 Å². The van der Waals surface area contributed by atoms with Gasteiger partial charge in [0.1, 0.15) is 10.8 Å². The average Bonchev–Trinajstić information content (AvgIpc) is 3.56. The molecular weight excluding hydrogens is 445 g/mol. The van der Waals surface area contributed by atoms with Crippen LogP contribution in [-0.2, 0) is 4.74 Å². The minimum absolute atomic E-state index is 0.140. The normalized spacial score (nSPS) is 13.2. The van der Waals surface area contributed by atoms with Gasteiger partial charge in [0.05, 0.1) is 29.5 Å². The minimum Gasteiger partial charge on any atom is -0.465 e. The van der Waals surface area contributed by atoms with E-state index in [0.717, 1.165) is 35.0 Å². The van der Waals surface area contributed by atoms with E-state index in [1.165, 1.54) is 29.4 Å². The smallest absolute Gasteiger partial charge is 0.337 e. The average molecular weight is 472 g/mol. The van der Waals surface area contributed by atoms with Crippen LogP contribution in [-0.4, -0.2) is 53.8 Å². The van der Waals surface area contributed by atoms with Gasteiger partial charge in [-0.15, -0.1) is 11.3 Å². The number of nitrogens with zero attached hydrogens (tertiary/aromatic N) is 2. The number of benzene rings is 2. The number of fused-ring (bicyclic) bond motifs is 1. The highest BCUT2D eigenvalue weighted by Crippen LogP contribution is 2.45. The van der Waals surface area contributed by atoms with Gasteiger partial charge >= 0.3 is 12.0 Å². The SMILES string of the molecule is CCCN(CCO)C(=O)Nc1ccc(-c2nc3c(C4CC4)cc(C(=O)OC)cc3s2)c(F)c1. The van der Waals surface area contributed by atoms with Crippen LogP contribution in [0.1, 0.15) is 48.0 Å². The molecular formula is C24H26FN3O4S. The fourth-order valence-electron chi connectivity index (χ4n) is 3.79. The number of methoxy groups -OCH3 is 1. The van der Waals surface area contributed by atoms with Crippen molar-refractivity contribution < 1.29 is 23.8 Å². The number of hydrogen-bond acceptors (Lipinski definition) is 6. The number of carbonyl (C=O) groups is 2. The van der Waals surface area contributed by atoms with Crippen LogP contribution < -0.4 is 5.32 Å². The highest BCUT2D eigenvalue weighted by Gasteiger charge is 2.28. The zero-order valence-corrected chi connectivity index (χ0v) is 19.4. The Morgan fingerprint density at radius 1 is 1.27 bits per heavy atom. The summed E-state index contributed by atoms with van der Waals surface area (Å²) in [6.07, 6.45) is 2.83. The maximum Gasteiger partial charge on any atom is 0.337 e. The Kier molecular flexibility index (Phi) is 6.90. The molecule has 0 atom stereocenters. The van der Waals surface area contributed by atoms with Gasteiger partial charge in [0.15, 0.2) is 0 Å². The van der Waals surface area contributed by atoms with Crippen molar-refractivity contribution in [3.05, 3.63) is 47.3 Å². The lowest BCUT2D eigenvalue weighted by Gasteiger charge is -2.21. The Balaban J connectivity index is 1.63. The number of hydrogen-bond donors (Lipinski definition) is 2. The number of thiazole rings is 1. The zero-order chi connectivity index (χ0) is 23.5. The molecule has 0 bridgehead atoms. The fraction of sp³-hybridized carbons (Fsp3) is 0.375. The molecule has 1 saturated carbocycles. The van der Waals surface area contributed by atoms with E-state index < -0.39 is 11.8 Å². The number of aliphatic hydroxyl groups excluding tert-OH is 1. The van der Waals surface area contributed by atoms with Crippen molar-refractivity contribution in [1.82, 2.24) is 9.88 Å². The Bertz CT molecular complexity index is 1190. The lowest BCUT2D eigenvalue weighted by molar-refractivity contribution is 0.0601. The molecule has 2 amide bonds. The molecule has 0 saturated heterocycles. The maximum atomic E-state index is 15.0. The molecule has 9 heteroatoms. The lowest BCUT2D eigenvalue weighted by Crippen LogP contribution is -2.37. The molecule has 7 nitrogen and oxygen atoms in total. The summed E-state index contributed by atoms with van der Waals surface area (Å²) in [6, 6.07) is 7.68. The first-order chi connectivity index (χ1) is 15.9. The van der Waals surface area contributed by atoms with Crippen LogP contribution in [0, 0.1) is 5.82 Å². The number of halogens is 1. The number of anilines is 1. The van der Waals surface area contributed by atoms with Crippen molar-refractivity contribution >= 4 is 39.2 Å². The van der Waals surface area contributed by atoms with Crippen molar-refractivity contribution in [3.8, 4) is 10.6 Å². The number of carbonyl (C=O) groups excluding carboxylic acids is 2. The number of amides is 2. The van der Waals surface area contributed by atoms with Crippen LogP contribution >= 0.6 is 11.3 Å². The van der Waals surface area contributed by atoms with Crippen LogP contribution in [0.25, 0.3) is 20.8 Å². The van der Waals surface area contributed by atoms with Crippen molar-refractivity contribution in [3.63, 3.8) is 0 Å². The van der Waals surface area contributed by atoms with E-state index in [1.54, 1.807) is 18.2 Å². The third kappa shape index (κ3) is 4.99. The van der Waals surface area contributed by atoms with Crippen molar-refractivity contribution in [2.45, 2.75) is 32.1 Å². The second-order valence-corrected chi connectivity index (χ2v) is 9.06. The largest absolute Gasteiger partial charge is 0.465 e. The number of aliphatic hydroxyl groups is 1. The van der Waals surface area contributed by atoms with Gasteiger partial charge in [0, 0.05) is 24.3 Å². The monoisotopic (exact) mass is 471 g/mol. The summed E-state index contributed by atoms with van der Waals surface area (Å²) in [5.74, 6) is -0.546. The first-order valence-electron chi connectivity index (χ1n) is 10.9. The third-order valence-electron chi connectivity index (χ3n) is 5.56. The number of nitrogens with one attached hydrogen (secondary N) is 1. The quantitative estimate of drug-likeness (QED) is 0.451. The maximum absolute atomic E-state index is 15.0. The minimum atomic E-state index is -0.503. The summed E-state index contributed by atoms with van der Waals surface area (Å²) in [5, 5.41) is 12.3. The molecule has 4 rings (SSSR count). The van der Waals surface area contributed by atoms with E-state index in [-0.39, 0.29) is 19.2 Å². The molecule has 3 aromatic rings. The summed E-state index contributed by atoms with van der Waals surface area (Å²) < 4.78 is 20.7. The first kappa shape index (κ1) is 23.1. The van der Waals surface area contributed by atoms with Crippen LogP contribution in [0.3, 0.4) is 0 Å². The van der Waals surface area contributed by atoms with Crippen molar-refractivity contribution in [1.29, 1.82) is 0 Å². The lowest BCUT2D eigenvalue weighted by atomic mass is 10.1. The summed E-state index contributed by atoms with van der Waals surface area (Å²) in [4.78, 5) is 30.7. The van der Waals surface area contributed by atoms with Crippen molar-refractivity contribution in [2.75, 3.05) is 32.1 Å². The Labute approximate surface area is 195 Å². The van der Waals surface area contributed by atoms with Gasteiger partial charge in [-0.25, -0.2) is 19.0 Å². The van der Waals surface area contributed by atoms with Gasteiger partial charge in [0.25, 0.3) is 0 Å². The number of rotatable bonds is 8. The van der Waals surface area contributed by atoms with E-state index in [0.29, 0.717) is 34.3 Å². The molecule has 0 spiro atoms. The summed E-state index contributed by atoms with van der Waals surface area (Å²) in [5.41, 5.74) is 2.92. The number of aromatic nitrogens is 1. The fourth-order valence-corrected chi connectivity index (χ4v) is 4.85. The second kappa shape index (κ2) is 9.84. The number of esters is 1. The molecule has 0 unspecified atom stereocenters. The van der Waals surface area contributed by atoms with E-state index >= 15 is 4.39 Å². The molecule has 1 aliphatic rings. The topological polar surface area (TPSA) is 91.8 Å². The second-order valence-electron chi connectivity index (χ2n) is 8.03. The number of ether oxygens (including phenoxy) is 1. The van der Waals surface area contributed by atoms with E-state index in [9.17, 15) is 9.59 Å². The van der Waals surface area contributed by atoms with E-state index in [4.69, 9.17) is 14.8 Å². The van der Waals surface area contributed by atoms with Gasteiger partial charge in [-0.3, -0.25) is 0 Å². The molecule has 1 heterocycles. The summed E-state index contributed by atoms with van der Waals surface area (Å²) >= 11 is 1.32. The van der Waals surface area contributed by atoms with Gasteiger partial charge in [-0.1, -0.05) is 6.92 Å². The Hall–Kier alpha value is -3.04. The van der Waals surface area contributed by atoms with E-state index in [2.05, 4.69) is 5.32 Å². The van der Waals surface area contributed by atoms with Crippen molar-refractivity contribution in [2.24, 2.45) is 0 Å². The highest BCUT2D eigenvalue weighted by atomic mass is 32.1. The predicted octanol–water partition coefficient (Wildman–Crippen LogP) is 5.00. The molecule has 2 aromatic carbocycles. The molecule has 33 heavy (non-hydrogen) atoms. The van der Waals surface area contributed by atoms with Crippen LogP contribution in [0.2, 0.25) is 0 Å². The molecule has 2 N–H and O–H groups in total. The van der Waals surface area contributed by atoms with Crippen LogP contribution in [0.4, 0.5) is 14.9 Å². The molecule has 0 aliphatic heterocycles. The highest BCUT2D eigenvalue weighted by molar-refractivity contribution is 7.21. The zero-order valence-electron chi connectivity index (χ0n) is 18.6. The van der Waals surface area contributed by atoms with Crippen LogP contribution in [0.5, 0.6) is 0 Å². The van der Waals surface area contributed by atoms with Gasteiger partial charge in [-0.05, 0) is 61.1 Å².